The average Bonchev–Trinajstić information content (AvgIpc) is 2.52. The number of imide groups is 1. The minimum Gasteiger partial charge on any atom is -0.297 e. The van der Waals surface area contributed by atoms with Crippen LogP contribution in [0.2, 0.25) is 0 Å². The number of nitrogens with zero attached hydrogens (tertiary/aromatic N) is 1. The van der Waals surface area contributed by atoms with E-state index in [2.05, 4.69) is 11.9 Å². The molecule has 1 N–H and O–H groups in total. The van der Waals surface area contributed by atoms with Gasteiger partial charge >= 0.3 is 6.03 Å². The first-order valence-corrected chi connectivity index (χ1v) is 4.74. The number of benzene rings is 1. The van der Waals surface area contributed by atoms with Gasteiger partial charge in [0.2, 0.25) is 0 Å². The number of rotatable bonds is 0. The first kappa shape index (κ1) is 8.47. The molecule has 1 atom stereocenters. The Kier molecular flexibility index (Phi) is 1.59. The van der Waals surface area contributed by atoms with Crippen molar-refractivity contribution < 1.29 is 9.59 Å². The number of nitrogens with one attached hydrogen (secondary N) is 1. The Morgan fingerprint density at radius 3 is 3.00 bits per heavy atom. The number of amides is 3. The first-order valence-electron chi connectivity index (χ1n) is 4.74. The van der Waals surface area contributed by atoms with Crippen molar-refractivity contribution in [1.29, 1.82) is 0 Å². The molecule has 0 spiro atoms. The average molecular weight is 200 g/mol. The molecular formula is C11H8N2O2. The number of urea groups is 1. The number of fused-ring (bicyclic) bond motifs is 2. The predicted octanol–water partition coefficient (Wildman–Crippen LogP) is 0.550. The maximum Gasteiger partial charge on any atom is 0.325 e. The molecule has 2 heterocycles. The largest absolute Gasteiger partial charge is 0.325 e. The monoisotopic (exact) mass is 200 g/mol. The normalized spacial score (nSPS) is 23.5. The molecule has 4 heteroatoms. The summed E-state index contributed by atoms with van der Waals surface area (Å²) in [5.74, 6) is -0.234. The minimum absolute atomic E-state index is 0.234. The van der Waals surface area contributed by atoms with Crippen molar-refractivity contribution in [3.8, 4) is 0 Å². The van der Waals surface area contributed by atoms with Crippen molar-refractivity contribution in [2.24, 2.45) is 0 Å². The van der Waals surface area contributed by atoms with Crippen LogP contribution in [-0.2, 0) is 11.2 Å². The molecule has 4 nitrogen and oxygen atoms in total. The zero-order chi connectivity index (χ0) is 10.4. The molecule has 2 aliphatic rings. The Morgan fingerprint density at radius 1 is 1.33 bits per heavy atom. The third-order valence-corrected chi connectivity index (χ3v) is 2.73. The molecule has 0 aliphatic carbocycles. The van der Waals surface area contributed by atoms with Crippen LogP contribution in [-0.4, -0.2) is 22.9 Å². The van der Waals surface area contributed by atoms with Gasteiger partial charge in [-0.3, -0.25) is 15.0 Å². The molecule has 1 fully saturated rings. The summed E-state index contributed by atoms with van der Waals surface area (Å²) in [4.78, 5) is 24.1. The first-order chi connectivity index (χ1) is 7.25. The van der Waals surface area contributed by atoms with Gasteiger partial charge in [0.25, 0.3) is 5.91 Å². The summed E-state index contributed by atoms with van der Waals surface area (Å²) in [5, 5.41) is 2.28. The Hall–Kier alpha value is -1.84. The highest BCUT2D eigenvalue weighted by Crippen LogP contribution is 2.27. The summed E-state index contributed by atoms with van der Waals surface area (Å²) in [6, 6.07) is 6.87. The van der Waals surface area contributed by atoms with Crippen LogP contribution in [0.15, 0.2) is 24.3 Å². The number of hydrogen-bond acceptors (Lipinski definition) is 2. The van der Waals surface area contributed by atoms with Gasteiger partial charge in [0.15, 0.2) is 0 Å². The molecule has 3 rings (SSSR count). The predicted molar refractivity (Wildman–Crippen MR) is 51.7 cm³/mol. The summed E-state index contributed by atoms with van der Waals surface area (Å²) >= 11 is 0. The highest BCUT2D eigenvalue weighted by molar-refractivity contribution is 6.05. The smallest absolute Gasteiger partial charge is 0.297 e. The summed E-state index contributed by atoms with van der Waals surface area (Å²) in [6.45, 7) is 2.94. The van der Waals surface area contributed by atoms with Crippen LogP contribution < -0.4 is 5.32 Å². The van der Waals surface area contributed by atoms with Crippen LogP contribution in [0.3, 0.4) is 0 Å². The fraction of sp³-hybridized carbons (Fsp3) is 0.182. The third kappa shape index (κ3) is 1.14. The van der Waals surface area contributed by atoms with E-state index in [-0.39, 0.29) is 11.9 Å². The van der Waals surface area contributed by atoms with Gasteiger partial charge in [0.05, 0.1) is 0 Å². The molecule has 2 aliphatic heterocycles. The van der Waals surface area contributed by atoms with Crippen molar-refractivity contribution in [3.63, 3.8) is 0 Å². The number of carbonyl (C=O) groups is 2. The Balaban J connectivity index is 2.03. The Labute approximate surface area is 86.9 Å². The second-order valence-electron chi connectivity index (χ2n) is 3.65. The lowest BCUT2D eigenvalue weighted by atomic mass is 9.95. The van der Waals surface area contributed by atoms with E-state index >= 15 is 0 Å². The topological polar surface area (TPSA) is 49.4 Å². The van der Waals surface area contributed by atoms with Crippen molar-refractivity contribution in [2.75, 3.05) is 0 Å². The molecule has 0 saturated carbocycles. The molecule has 3 amide bonds. The van der Waals surface area contributed by atoms with E-state index in [9.17, 15) is 9.59 Å². The van der Waals surface area contributed by atoms with E-state index in [1.165, 1.54) is 4.90 Å². The summed E-state index contributed by atoms with van der Waals surface area (Å²) in [5.41, 5.74) is 1.95. The van der Waals surface area contributed by atoms with Gasteiger partial charge < -0.3 is 0 Å². The quantitative estimate of drug-likeness (QED) is 0.622. The highest BCUT2D eigenvalue weighted by Gasteiger charge is 2.41. The Morgan fingerprint density at radius 2 is 2.13 bits per heavy atom. The fourth-order valence-electron chi connectivity index (χ4n) is 1.97. The van der Waals surface area contributed by atoms with E-state index < -0.39 is 6.04 Å². The molecule has 74 valence electrons. The van der Waals surface area contributed by atoms with Gasteiger partial charge in [-0.25, -0.2) is 4.79 Å². The SMILES string of the molecule is O=C1NC(=O)N2[C]c3ccccc3CC12. The molecule has 2 radical (unpaired) electrons. The van der Waals surface area contributed by atoms with E-state index in [1.807, 2.05) is 24.3 Å². The Bertz CT molecular complexity index is 415. The van der Waals surface area contributed by atoms with Gasteiger partial charge in [-0.1, -0.05) is 24.3 Å². The van der Waals surface area contributed by atoms with Crippen molar-refractivity contribution in [2.45, 2.75) is 12.5 Å². The lowest BCUT2D eigenvalue weighted by molar-refractivity contribution is -0.121. The van der Waals surface area contributed by atoms with Gasteiger partial charge in [0.1, 0.15) is 12.6 Å². The van der Waals surface area contributed by atoms with Crippen molar-refractivity contribution in [1.82, 2.24) is 10.2 Å². The zero-order valence-corrected chi connectivity index (χ0v) is 7.86. The maximum absolute atomic E-state index is 11.4. The molecule has 0 aromatic heterocycles. The van der Waals surface area contributed by atoms with Crippen LogP contribution in [0.4, 0.5) is 4.79 Å². The summed E-state index contributed by atoms with van der Waals surface area (Å²) in [6.07, 6.45) is 0.570. The summed E-state index contributed by atoms with van der Waals surface area (Å²) < 4.78 is 0. The van der Waals surface area contributed by atoms with Gasteiger partial charge in [-0.2, -0.15) is 0 Å². The summed E-state index contributed by atoms with van der Waals surface area (Å²) in [7, 11) is 0. The molecular weight excluding hydrogens is 192 g/mol. The molecule has 0 bridgehead atoms. The van der Waals surface area contributed by atoms with E-state index in [1.54, 1.807) is 0 Å². The molecule has 1 saturated heterocycles. The van der Waals surface area contributed by atoms with Crippen LogP contribution in [0, 0.1) is 6.54 Å². The van der Waals surface area contributed by atoms with Crippen LogP contribution in [0.1, 0.15) is 11.1 Å². The van der Waals surface area contributed by atoms with E-state index in [0.29, 0.717) is 6.42 Å². The molecule has 1 unspecified atom stereocenters. The lowest BCUT2D eigenvalue weighted by Gasteiger charge is -2.27. The van der Waals surface area contributed by atoms with Crippen LogP contribution in [0.5, 0.6) is 0 Å². The highest BCUT2D eigenvalue weighted by atomic mass is 16.2. The second kappa shape index (κ2) is 2.82. The van der Waals surface area contributed by atoms with Crippen LogP contribution in [0.25, 0.3) is 0 Å². The van der Waals surface area contributed by atoms with Crippen molar-refractivity contribution in [3.05, 3.63) is 41.9 Å². The lowest BCUT2D eigenvalue weighted by Crippen LogP contribution is -2.38. The number of hydrogen-bond donors (Lipinski definition) is 1. The second-order valence-corrected chi connectivity index (χ2v) is 3.65. The molecule has 15 heavy (non-hydrogen) atoms. The fourth-order valence-corrected chi connectivity index (χ4v) is 1.97. The molecule has 1 aromatic rings. The van der Waals surface area contributed by atoms with E-state index in [4.69, 9.17) is 0 Å². The van der Waals surface area contributed by atoms with Crippen LogP contribution >= 0.6 is 0 Å². The third-order valence-electron chi connectivity index (χ3n) is 2.73. The number of carbonyl (C=O) groups excluding carboxylic acids is 2. The van der Waals surface area contributed by atoms with Gasteiger partial charge in [0, 0.05) is 6.42 Å². The van der Waals surface area contributed by atoms with Gasteiger partial charge in [-0.15, -0.1) is 0 Å². The van der Waals surface area contributed by atoms with Crippen molar-refractivity contribution >= 4 is 11.9 Å². The van der Waals surface area contributed by atoms with E-state index in [0.717, 1.165) is 11.1 Å². The standard InChI is InChI=1S/C11H8N2O2/c14-10-9-5-7-3-1-2-4-8(7)6-13(9)11(15)12-10/h1-4,9H,5H2,(H,12,14,15). The maximum atomic E-state index is 11.4. The molecule has 1 aromatic carbocycles. The van der Waals surface area contributed by atoms with Gasteiger partial charge in [-0.05, 0) is 11.1 Å². The zero-order valence-electron chi connectivity index (χ0n) is 7.86. The minimum atomic E-state index is -0.410.